The smallest absolute Gasteiger partial charge is 0.242 e. The van der Waals surface area contributed by atoms with Gasteiger partial charge in [0.25, 0.3) is 0 Å². The lowest BCUT2D eigenvalue weighted by molar-refractivity contribution is -0.125. The highest BCUT2D eigenvalue weighted by molar-refractivity contribution is 5.90. The summed E-state index contributed by atoms with van der Waals surface area (Å²) in [6.45, 7) is 5.12. The Labute approximate surface area is 116 Å². The largest absolute Gasteiger partial charge is 0.354 e. The molecule has 110 valence electrons. The third-order valence-corrected chi connectivity index (χ3v) is 3.74. The Hall–Kier alpha value is -1.06. The van der Waals surface area contributed by atoms with Gasteiger partial charge >= 0.3 is 0 Å². The second kappa shape index (κ2) is 8.94. The lowest BCUT2D eigenvalue weighted by Gasteiger charge is -2.15. The Morgan fingerprint density at radius 1 is 1.37 bits per heavy atom. The molecule has 0 bridgehead atoms. The van der Waals surface area contributed by atoms with Gasteiger partial charge in [-0.05, 0) is 18.8 Å². The topological polar surface area (TPSA) is 58.2 Å². The van der Waals surface area contributed by atoms with Crippen LogP contribution in [0.1, 0.15) is 65.2 Å². The van der Waals surface area contributed by atoms with Crippen molar-refractivity contribution in [2.45, 2.75) is 71.3 Å². The van der Waals surface area contributed by atoms with Gasteiger partial charge in [0.05, 0.1) is 0 Å². The third-order valence-electron chi connectivity index (χ3n) is 3.74. The van der Waals surface area contributed by atoms with Gasteiger partial charge in [-0.3, -0.25) is 9.59 Å². The van der Waals surface area contributed by atoms with Crippen LogP contribution < -0.4 is 10.6 Å². The Morgan fingerprint density at radius 2 is 2.11 bits per heavy atom. The number of nitrogens with one attached hydrogen (secondary N) is 2. The van der Waals surface area contributed by atoms with Crippen LogP contribution in [-0.4, -0.2) is 24.4 Å². The van der Waals surface area contributed by atoms with E-state index in [-0.39, 0.29) is 17.9 Å². The van der Waals surface area contributed by atoms with Crippen LogP contribution in [-0.2, 0) is 9.59 Å². The zero-order chi connectivity index (χ0) is 14.1. The fraction of sp³-hybridized carbons (Fsp3) is 0.867. The summed E-state index contributed by atoms with van der Waals surface area (Å²) in [5.74, 6) is 0.482. The van der Waals surface area contributed by atoms with Gasteiger partial charge in [0.15, 0.2) is 0 Å². The van der Waals surface area contributed by atoms with Crippen molar-refractivity contribution in [2.24, 2.45) is 5.92 Å². The average Bonchev–Trinajstić information content (AvgIpc) is 2.82. The van der Waals surface area contributed by atoms with Crippen LogP contribution in [0, 0.1) is 5.92 Å². The van der Waals surface area contributed by atoms with Crippen LogP contribution in [0.15, 0.2) is 0 Å². The van der Waals surface area contributed by atoms with E-state index in [1.807, 2.05) is 0 Å². The summed E-state index contributed by atoms with van der Waals surface area (Å²) < 4.78 is 0. The number of hydrogen-bond acceptors (Lipinski definition) is 2. The van der Waals surface area contributed by atoms with Gasteiger partial charge in [-0.1, -0.05) is 46.0 Å². The molecule has 4 nitrogen and oxygen atoms in total. The molecule has 4 heteroatoms. The number of amides is 2. The quantitative estimate of drug-likeness (QED) is 0.631. The fourth-order valence-electron chi connectivity index (χ4n) is 2.41. The number of rotatable bonds is 9. The molecule has 19 heavy (non-hydrogen) atoms. The summed E-state index contributed by atoms with van der Waals surface area (Å²) in [5, 5.41) is 5.64. The molecule has 2 unspecified atom stereocenters. The zero-order valence-corrected chi connectivity index (χ0v) is 12.3. The van der Waals surface area contributed by atoms with Crippen LogP contribution in [0.4, 0.5) is 0 Å². The number of unbranched alkanes of at least 4 members (excludes halogenated alkanes) is 4. The molecule has 0 aromatic carbocycles. The van der Waals surface area contributed by atoms with E-state index < -0.39 is 0 Å². The lowest BCUT2D eigenvalue weighted by atomic mass is 10.0. The molecule has 0 aliphatic carbocycles. The van der Waals surface area contributed by atoms with Gasteiger partial charge in [0.1, 0.15) is 6.04 Å². The van der Waals surface area contributed by atoms with E-state index in [0.29, 0.717) is 18.8 Å². The van der Waals surface area contributed by atoms with Gasteiger partial charge in [0.2, 0.25) is 11.8 Å². The number of carbonyl (C=O) groups excluding carboxylic acids is 2. The molecule has 0 aromatic rings. The van der Waals surface area contributed by atoms with E-state index in [0.717, 1.165) is 6.54 Å². The summed E-state index contributed by atoms with van der Waals surface area (Å²) in [7, 11) is 0. The van der Waals surface area contributed by atoms with Crippen molar-refractivity contribution in [3.8, 4) is 0 Å². The summed E-state index contributed by atoms with van der Waals surface area (Å²) in [6.07, 6.45) is 8.75. The van der Waals surface area contributed by atoms with Gasteiger partial charge < -0.3 is 10.6 Å². The summed E-state index contributed by atoms with van der Waals surface area (Å²) >= 11 is 0. The first kappa shape index (κ1) is 16.0. The molecule has 2 N–H and O–H groups in total. The van der Waals surface area contributed by atoms with E-state index in [1.54, 1.807) is 0 Å². The minimum atomic E-state index is -0.302. The molecule has 1 aliphatic heterocycles. The predicted octanol–water partition coefficient (Wildman–Crippen LogP) is 2.38. The molecule has 1 fully saturated rings. The summed E-state index contributed by atoms with van der Waals surface area (Å²) in [4.78, 5) is 22.8. The van der Waals surface area contributed by atoms with Crippen LogP contribution in [0.3, 0.4) is 0 Å². The second-order valence-electron chi connectivity index (χ2n) is 5.71. The molecule has 0 radical (unpaired) electrons. The standard InChI is InChI=1S/C15H28N2O2/c1-3-4-5-6-7-8-12(2)11-16-15(19)13-9-10-14(18)17-13/h12-13H,3-11H2,1-2H3,(H,16,19)(H,17,18). The highest BCUT2D eigenvalue weighted by atomic mass is 16.2. The van der Waals surface area contributed by atoms with Gasteiger partial charge in [0, 0.05) is 13.0 Å². The molecular formula is C15H28N2O2. The van der Waals surface area contributed by atoms with Crippen molar-refractivity contribution in [3.05, 3.63) is 0 Å². The molecule has 1 aliphatic rings. The van der Waals surface area contributed by atoms with Crippen molar-refractivity contribution < 1.29 is 9.59 Å². The maximum absolute atomic E-state index is 11.8. The highest BCUT2D eigenvalue weighted by Crippen LogP contribution is 2.11. The molecule has 1 rings (SSSR count). The highest BCUT2D eigenvalue weighted by Gasteiger charge is 2.26. The van der Waals surface area contributed by atoms with E-state index in [2.05, 4.69) is 24.5 Å². The van der Waals surface area contributed by atoms with Crippen LogP contribution in [0.25, 0.3) is 0 Å². The fourth-order valence-corrected chi connectivity index (χ4v) is 2.41. The average molecular weight is 268 g/mol. The first-order valence-corrected chi connectivity index (χ1v) is 7.70. The van der Waals surface area contributed by atoms with Crippen molar-refractivity contribution in [2.75, 3.05) is 6.54 Å². The van der Waals surface area contributed by atoms with Gasteiger partial charge in [-0.25, -0.2) is 0 Å². The second-order valence-corrected chi connectivity index (χ2v) is 5.71. The van der Waals surface area contributed by atoms with E-state index in [4.69, 9.17) is 0 Å². The Bertz CT molecular complexity index is 292. The first-order chi connectivity index (χ1) is 9.13. The normalized spacial score (nSPS) is 20.1. The molecule has 1 heterocycles. The molecule has 1 saturated heterocycles. The number of carbonyl (C=O) groups is 2. The predicted molar refractivity (Wildman–Crippen MR) is 76.7 cm³/mol. The van der Waals surface area contributed by atoms with Crippen molar-refractivity contribution >= 4 is 11.8 Å². The summed E-state index contributed by atoms with van der Waals surface area (Å²) in [5.41, 5.74) is 0. The third kappa shape index (κ3) is 6.60. The minimum absolute atomic E-state index is 0.0101. The molecule has 2 amide bonds. The number of hydrogen-bond donors (Lipinski definition) is 2. The van der Waals surface area contributed by atoms with Crippen molar-refractivity contribution in [3.63, 3.8) is 0 Å². The van der Waals surface area contributed by atoms with E-state index >= 15 is 0 Å². The van der Waals surface area contributed by atoms with Gasteiger partial charge in [-0.2, -0.15) is 0 Å². The lowest BCUT2D eigenvalue weighted by Crippen LogP contribution is -2.42. The van der Waals surface area contributed by atoms with Crippen LogP contribution in [0.2, 0.25) is 0 Å². The molecule has 0 saturated carbocycles. The first-order valence-electron chi connectivity index (χ1n) is 7.70. The van der Waals surface area contributed by atoms with E-state index in [9.17, 15) is 9.59 Å². The molecule has 2 atom stereocenters. The molecule has 0 aromatic heterocycles. The Morgan fingerprint density at radius 3 is 2.74 bits per heavy atom. The van der Waals surface area contributed by atoms with Crippen LogP contribution in [0.5, 0.6) is 0 Å². The minimum Gasteiger partial charge on any atom is -0.354 e. The van der Waals surface area contributed by atoms with Gasteiger partial charge in [-0.15, -0.1) is 0 Å². The Kier molecular flexibility index (Phi) is 7.53. The van der Waals surface area contributed by atoms with Crippen molar-refractivity contribution in [1.82, 2.24) is 10.6 Å². The van der Waals surface area contributed by atoms with Crippen molar-refractivity contribution in [1.29, 1.82) is 0 Å². The van der Waals surface area contributed by atoms with Crippen LogP contribution >= 0.6 is 0 Å². The molecule has 0 spiro atoms. The maximum Gasteiger partial charge on any atom is 0.242 e. The monoisotopic (exact) mass is 268 g/mol. The molecular weight excluding hydrogens is 240 g/mol. The zero-order valence-electron chi connectivity index (χ0n) is 12.3. The summed E-state index contributed by atoms with van der Waals surface area (Å²) in [6, 6.07) is -0.302. The maximum atomic E-state index is 11.8. The van der Waals surface area contributed by atoms with E-state index in [1.165, 1.54) is 38.5 Å². The Balaban J connectivity index is 2.04. The SMILES string of the molecule is CCCCCCCC(C)CNC(=O)C1CCC(=O)N1.